The number of nitrogens with zero attached hydrogens (tertiary/aromatic N) is 1. The molecule has 0 saturated carbocycles. The van der Waals surface area contributed by atoms with Gasteiger partial charge in [0, 0.05) is 12.3 Å². The number of pyridine rings is 1. The van der Waals surface area contributed by atoms with E-state index in [1.165, 1.54) is 13.3 Å². The second-order valence-electron chi connectivity index (χ2n) is 6.48. The van der Waals surface area contributed by atoms with Gasteiger partial charge in [-0.2, -0.15) is 0 Å². The Labute approximate surface area is 152 Å². The lowest BCUT2D eigenvalue weighted by Crippen LogP contribution is -2.56. The second kappa shape index (κ2) is 7.02. The lowest BCUT2D eigenvalue weighted by molar-refractivity contribution is -0.139. The summed E-state index contributed by atoms with van der Waals surface area (Å²) in [5.41, 5.74) is 1.44. The van der Waals surface area contributed by atoms with Crippen molar-refractivity contribution in [3.63, 3.8) is 0 Å². The third-order valence-corrected chi connectivity index (χ3v) is 4.71. The molecule has 5 nitrogen and oxygen atoms in total. The molecule has 0 aliphatic carbocycles. The number of carbonyl (C=O) groups excluding carboxylic acids is 1. The van der Waals surface area contributed by atoms with E-state index in [0.717, 1.165) is 11.1 Å². The van der Waals surface area contributed by atoms with Gasteiger partial charge in [-0.15, -0.1) is 0 Å². The maximum Gasteiger partial charge on any atom is 0.241 e. The monoisotopic (exact) mass is 360 g/mol. The van der Waals surface area contributed by atoms with Crippen LogP contribution in [-0.4, -0.2) is 31.2 Å². The van der Waals surface area contributed by atoms with Gasteiger partial charge >= 0.3 is 0 Å². The average Bonchev–Trinajstić information content (AvgIpc) is 2.55. The largest absolute Gasteiger partial charge is 0.493 e. The van der Waals surface area contributed by atoms with E-state index in [1.54, 1.807) is 6.07 Å². The Bertz CT molecular complexity index is 788. The molecule has 2 heterocycles. The average molecular weight is 361 g/mol. The zero-order valence-electron chi connectivity index (χ0n) is 14.5. The van der Waals surface area contributed by atoms with Gasteiger partial charge < -0.3 is 14.8 Å². The fraction of sp³-hybridized carbons (Fsp3) is 0.368. The Morgan fingerprint density at radius 1 is 1.36 bits per heavy atom. The number of amides is 1. The number of nitrogens with one attached hydrogen (secondary N) is 1. The lowest BCUT2D eigenvalue weighted by Gasteiger charge is -2.41. The molecule has 1 aliphatic heterocycles. The molecule has 25 heavy (non-hydrogen) atoms. The van der Waals surface area contributed by atoms with E-state index in [2.05, 4.69) is 30.2 Å². The number of benzene rings is 1. The number of aromatic nitrogens is 1. The molecule has 1 aliphatic rings. The Morgan fingerprint density at radius 2 is 2.08 bits per heavy atom. The first-order valence-electron chi connectivity index (χ1n) is 8.16. The van der Waals surface area contributed by atoms with E-state index in [1.807, 2.05) is 18.2 Å². The molecule has 0 unspecified atom stereocenters. The summed E-state index contributed by atoms with van der Waals surface area (Å²) in [5.74, 6) is 0.934. The highest BCUT2D eigenvalue weighted by atomic mass is 35.5. The van der Waals surface area contributed by atoms with E-state index in [-0.39, 0.29) is 5.91 Å². The first-order valence-corrected chi connectivity index (χ1v) is 8.54. The van der Waals surface area contributed by atoms with Gasteiger partial charge in [0.05, 0.1) is 25.3 Å². The number of anilines is 1. The van der Waals surface area contributed by atoms with Crippen LogP contribution in [0.4, 0.5) is 5.82 Å². The number of hydrogen-bond acceptors (Lipinski definition) is 4. The smallest absolute Gasteiger partial charge is 0.241 e. The van der Waals surface area contributed by atoms with E-state index >= 15 is 0 Å². The van der Waals surface area contributed by atoms with Gasteiger partial charge in [-0.05, 0) is 17.0 Å². The van der Waals surface area contributed by atoms with Gasteiger partial charge in [-0.1, -0.05) is 49.7 Å². The molecule has 1 aromatic heterocycles. The Balaban J connectivity index is 1.95. The molecular weight excluding hydrogens is 340 g/mol. The van der Waals surface area contributed by atoms with Gasteiger partial charge in [-0.3, -0.25) is 4.79 Å². The SMILES string of the molecule is COc1cc(Cl)cnc1NC(=O)C1(c2ccccc2C(C)C)COC1. The quantitative estimate of drug-likeness (QED) is 0.881. The number of hydrogen-bond donors (Lipinski definition) is 1. The molecule has 1 fully saturated rings. The Kier molecular flexibility index (Phi) is 4.97. The third-order valence-electron chi connectivity index (χ3n) is 4.50. The van der Waals surface area contributed by atoms with Crippen LogP contribution in [-0.2, 0) is 14.9 Å². The highest BCUT2D eigenvalue weighted by Crippen LogP contribution is 2.38. The van der Waals surface area contributed by atoms with Crippen molar-refractivity contribution >= 4 is 23.3 Å². The van der Waals surface area contributed by atoms with Crippen LogP contribution in [0.25, 0.3) is 0 Å². The second-order valence-corrected chi connectivity index (χ2v) is 6.91. The van der Waals surface area contributed by atoms with Crippen LogP contribution in [0, 0.1) is 0 Å². The Morgan fingerprint density at radius 3 is 2.68 bits per heavy atom. The minimum Gasteiger partial charge on any atom is -0.493 e. The molecule has 132 valence electrons. The van der Waals surface area contributed by atoms with Crippen molar-refractivity contribution in [2.75, 3.05) is 25.6 Å². The maximum atomic E-state index is 13.1. The molecule has 1 saturated heterocycles. The molecule has 6 heteroatoms. The first-order chi connectivity index (χ1) is 12.0. The topological polar surface area (TPSA) is 60.5 Å². The summed E-state index contributed by atoms with van der Waals surface area (Å²) in [4.78, 5) is 17.3. The van der Waals surface area contributed by atoms with Crippen LogP contribution in [0.15, 0.2) is 36.5 Å². The standard InChI is InChI=1S/C19H21ClN2O3/c1-12(2)14-6-4-5-7-15(14)19(10-25-11-19)18(23)22-17-16(24-3)8-13(20)9-21-17/h4-9,12H,10-11H2,1-3H3,(H,21,22,23). The van der Waals surface area contributed by atoms with Gasteiger partial charge in [0.15, 0.2) is 11.6 Å². The molecule has 2 aromatic rings. The first kappa shape index (κ1) is 17.7. The fourth-order valence-corrected chi connectivity index (χ4v) is 3.20. The van der Waals surface area contributed by atoms with Crippen molar-refractivity contribution in [2.24, 2.45) is 0 Å². The van der Waals surface area contributed by atoms with Gasteiger partial charge in [0.1, 0.15) is 5.41 Å². The summed E-state index contributed by atoms with van der Waals surface area (Å²) in [5, 5.41) is 3.33. The van der Waals surface area contributed by atoms with E-state index in [0.29, 0.717) is 35.7 Å². The highest BCUT2D eigenvalue weighted by molar-refractivity contribution is 6.30. The molecule has 0 atom stereocenters. The van der Waals surface area contributed by atoms with Crippen molar-refractivity contribution in [2.45, 2.75) is 25.2 Å². The van der Waals surface area contributed by atoms with Crippen molar-refractivity contribution in [3.05, 3.63) is 52.7 Å². The van der Waals surface area contributed by atoms with Crippen molar-refractivity contribution < 1.29 is 14.3 Å². The third kappa shape index (κ3) is 3.22. The normalized spacial score (nSPS) is 15.6. The molecule has 1 aromatic carbocycles. The van der Waals surface area contributed by atoms with Crippen LogP contribution in [0.3, 0.4) is 0 Å². The molecule has 1 amide bonds. The molecule has 3 rings (SSSR count). The van der Waals surface area contributed by atoms with Crippen LogP contribution < -0.4 is 10.1 Å². The summed E-state index contributed by atoms with van der Waals surface area (Å²) in [6.45, 7) is 4.93. The summed E-state index contributed by atoms with van der Waals surface area (Å²) >= 11 is 5.94. The van der Waals surface area contributed by atoms with E-state index < -0.39 is 5.41 Å². The van der Waals surface area contributed by atoms with Crippen molar-refractivity contribution in [1.82, 2.24) is 4.98 Å². The molecule has 1 N–H and O–H groups in total. The summed E-state index contributed by atoms with van der Waals surface area (Å²) in [7, 11) is 1.51. The number of methoxy groups -OCH3 is 1. The van der Waals surface area contributed by atoms with Crippen LogP contribution in [0.2, 0.25) is 5.02 Å². The Hall–Kier alpha value is -2.11. The number of halogens is 1. The zero-order chi connectivity index (χ0) is 18.0. The molecular formula is C19H21ClN2O3. The number of ether oxygens (including phenoxy) is 2. The molecule has 0 radical (unpaired) electrons. The fourth-order valence-electron chi connectivity index (χ4n) is 3.05. The predicted molar refractivity (Wildman–Crippen MR) is 97.5 cm³/mol. The van der Waals surface area contributed by atoms with Crippen LogP contribution in [0.5, 0.6) is 5.75 Å². The van der Waals surface area contributed by atoms with Gasteiger partial charge in [0.2, 0.25) is 5.91 Å². The summed E-state index contributed by atoms with van der Waals surface area (Å²) in [6.07, 6.45) is 1.48. The zero-order valence-corrected chi connectivity index (χ0v) is 15.3. The predicted octanol–water partition coefficient (Wildman–Crippen LogP) is 3.77. The molecule has 0 spiro atoms. The van der Waals surface area contributed by atoms with Crippen LogP contribution in [0.1, 0.15) is 30.9 Å². The lowest BCUT2D eigenvalue weighted by atomic mass is 9.74. The minimum absolute atomic E-state index is 0.153. The van der Waals surface area contributed by atoms with Crippen molar-refractivity contribution in [3.8, 4) is 5.75 Å². The highest BCUT2D eigenvalue weighted by Gasteiger charge is 2.49. The summed E-state index contributed by atoms with van der Waals surface area (Å²) < 4.78 is 10.7. The van der Waals surface area contributed by atoms with E-state index in [4.69, 9.17) is 21.1 Å². The van der Waals surface area contributed by atoms with E-state index in [9.17, 15) is 4.79 Å². The van der Waals surface area contributed by atoms with Crippen LogP contribution >= 0.6 is 11.6 Å². The molecule has 0 bridgehead atoms. The van der Waals surface area contributed by atoms with Gasteiger partial charge in [0.25, 0.3) is 0 Å². The minimum atomic E-state index is -0.715. The van der Waals surface area contributed by atoms with Crippen molar-refractivity contribution in [1.29, 1.82) is 0 Å². The number of carbonyl (C=O) groups is 1. The summed E-state index contributed by atoms with van der Waals surface area (Å²) in [6, 6.07) is 9.64. The van der Waals surface area contributed by atoms with Gasteiger partial charge in [-0.25, -0.2) is 4.98 Å². The maximum absolute atomic E-state index is 13.1. The number of rotatable bonds is 5.